The van der Waals surface area contributed by atoms with Crippen LogP contribution in [0.1, 0.15) is 87.0 Å². The normalized spacial score (nSPS) is 15.8. The van der Waals surface area contributed by atoms with Gasteiger partial charge in [0, 0.05) is 22.8 Å². The second-order valence-corrected chi connectivity index (χ2v) is 10.6. The van der Waals surface area contributed by atoms with Crippen molar-refractivity contribution in [2.45, 2.75) is 72.8 Å². The summed E-state index contributed by atoms with van der Waals surface area (Å²) < 4.78 is 29.6. The number of fused-ring (bicyclic) bond motifs is 2. The third kappa shape index (κ3) is 6.32. The van der Waals surface area contributed by atoms with Gasteiger partial charge in [-0.3, -0.25) is 4.79 Å². The van der Waals surface area contributed by atoms with Crippen LogP contribution in [0, 0.1) is 0 Å². The second kappa shape index (κ2) is 12.5. The quantitative estimate of drug-likeness (QED) is 0.290. The molecule has 2 heterocycles. The fourth-order valence-electron chi connectivity index (χ4n) is 5.08. The molecule has 0 spiro atoms. The van der Waals surface area contributed by atoms with Gasteiger partial charge in [-0.05, 0) is 66.4 Å². The van der Waals surface area contributed by atoms with Crippen LogP contribution >= 0.6 is 0 Å². The van der Waals surface area contributed by atoms with Crippen molar-refractivity contribution in [3.63, 3.8) is 0 Å². The van der Waals surface area contributed by atoms with Crippen LogP contribution in [0.15, 0.2) is 53.1 Å². The maximum atomic E-state index is 13.6. The Balaban J connectivity index is 1.70. The van der Waals surface area contributed by atoms with Crippen LogP contribution in [-0.2, 0) is 12.8 Å². The van der Waals surface area contributed by atoms with E-state index in [1.54, 1.807) is 14.2 Å². The van der Waals surface area contributed by atoms with E-state index < -0.39 is 6.10 Å². The molecule has 0 saturated heterocycles. The summed E-state index contributed by atoms with van der Waals surface area (Å²) in [7, 11) is 3.21. The van der Waals surface area contributed by atoms with Gasteiger partial charge >= 0.3 is 0 Å². The molecule has 2 aromatic rings. The molecule has 0 saturated carbocycles. The molecule has 0 fully saturated rings. The minimum Gasteiger partial charge on any atom is -0.496 e. The molecule has 6 heteroatoms. The van der Waals surface area contributed by atoms with Gasteiger partial charge in [-0.15, -0.1) is 0 Å². The van der Waals surface area contributed by atoms with Crippen LogP contribution in [-0.4, -0.2) is 26.8 Å². The molecule has 0 amide bonds. The number of ketones is 1. The highest BCUT2D eigenvalue weighted by atomic mass is 16.7. The van der Waals surface area contributed by atoms with Gasteiger partial charge in [-0.2, -0.15) is 0 Å². The standard InChI is InChI=1S/C33H40O6/c1-20(2)9-8-10-22(5)12-14-24-23(15-16-27-32(24)38-19-37-27)29-17-26(34)31-30(39-29)18-28(35-6)25(33(31)36-7)13-11-21(3)4/h9,11-12,15-16,18,29H,8,10,13-14,17,19H2,1-7H3/b22-12+. The predicted molar refractivity (Wildman–Crippen MR) is 154 cm³/mol. The largest absolute Gasteiger partial charge is 0.496 e. The van der Waals surface area contributed by atoms with Crippen molar-refractivity contribution >= 4 is 5.78 Å². The summed E-state index contributed by atoms with van der Waals surface area (Å²) in [4.78, 5) is 13.6. The lowest BCUT2D eigenvalue weighted by Gasteiger charge is -2.29. The van der Waals surface area contributed by atoms with Gasteiger partial charge in [0.1, 0.15) is 28.9 Å². The molecule has 0 radical (unpaired) electrons. The van der Waals surface area contributed by atoms with E-state index >= 15 is 0 Å². The summed E-state index contributed by atoms with van der Waals surface area (Å²) >= 11 is 0. The topological polar surface area (TPSA) is 63.2 Å². The van der Waals surface area contributed by atoms with Gasteiger partial charge in [-0.1, -0.05) is 41.0 Å². The first kappa shape index (κ1) is 28.3. The van der Waals surface area contributed by atoms with Crippen molar-refractivity contribution in [3.05, 3.63) is 75.4 Å². The van der Waals surface area contributed by atoms with Crippen molar-refractivity contribution in [1.82, 2.24) is 0 Å². The molecule has 2 aliphatic heterocycles. The highest BCUT2D eigenvalue weighted by Crippen LogP contribution is 2.48. The zero-order valence-corrected chi connectivity index (χ0v) is 24.2. The number of carbonyl (C=O) groups is 1. The fraction of sp³-hybridized carbons (Fsp3) is 0.424. The van der Waals surface area contributed by atoms with Gasteiger partial charge in [0.15, 0.2) is 17.3 Å². The van der Waals surface area contributed by atoms with Crippen molar-refractivity contribution in [2.24, 2.45) is 0 Å². The van der Waals surface area contributed by atoms with Gasteiger partial charge in [0.2, 0.25) is 6.79 Å². The van der Waals surface area contributed by atoms with E-state index in [0.29, 0.717) is 35.7 Å². The maximum Gasteiger partial charge on any atom is 0.231 e. The summed E-state index contributed by atoms with van der Waals surface area (Å²) in [5.74, 6) is 3.07. The van der Waals surface area contributed by atoms with Crippen LogP contribution in [0.4, 0.5) is 0 Å². The highest BCUT2D eigenvalue weighted by Gasteiger charge is 2.35. The number of rotatable bonds is 10. The molecule has 0 N–H and O–H groups in total. The molecule has 39 heavy (non-hydrogen) atoms. The fourth-order valence-corrected chi connectivity index (χ4v) is 5.08. The molecule has 208 valence electrons. The Hall–Kier alpha value is -3.67. The monoisotopic (exact) mass is 532 g/mol. The lowest BCUT2D eigenvalue weighted by atomic mass is 9.89. The molecule has 0 bridgehead atoms. The Labute approximate surface area is 232 Å². The highest BCUT2D eigenvalue weighted by molar-refractivity contribution is 6.03. The van der Waals surface area contributed by atoms with Crippen LogP contribution < -0.4 is 23.7 Å². The average Bonchev–Trinajstić information content (AvgIpc) is 3.38. The number of Topliss-reactive ketones (excluding diaryl/α,β-unsaturated/α-hetero) is 1. The lowest BCUT2D eigenvalue weighted by Crippen LogP contribution is -2.23. The van der Waals surface area contributed by atoms with Crippen LogP contribution in [0.2, 0.25) is 0 Å². The van der Waals surface area contributed by atoms with E-state index in [-0.39, 0.29) is 19.0 Å². The molecule has 0 aromatic heterocycles. The van der Waals surface area contributed by atoms with Crippen LogP contribution in [0.5, 0.6) is 28.7 Å². The Morgan fingerprint density at radius 2 is 1.67 bits per heavy atom. The zero-order chi connectivity index (χ0) is 28.1. The zero-order valence-electron chi connectivity index (χ0n) is 24.2. The smallest absolute Gasteiger partial charge is 0.231 e. The molecule has 1 atom stereocenters. The number of hydrogen-bond donors (Lipinski definition) is 0. The van der Waals surface area contributed by atoms with Crippen molar-refractivity contribution in [3.8, 4) is 28.7 Å². The number of hydrogen-bond acceptors (Lipinski definition) is 6. The Bertz CT molecular complexity index is 1320. The molecular weight excluding hydrogens is 492 g/mol. The van der Waals surface area contributed by atoms with Crippen molar-refractivity contribution in [1.29, 1.82) is 0 Å². The minimum atomic E-state index is -0.466. The summed E-state index contributed by atoms with van der Waals surface area (Å²) in [5, 5.41) is 0. The SMILES string of the molecule is COc1cc2c(c(OC)c1CC=C(C)C)C(=O)CC(c1ccc3c(c1C/C=C(\C)CCC=C(C)C)OCO3)O2. The third-order valence-electron chi connectivity index (χ3n) is 7.14. The van der Waals surface area contributed by atoms with E-state index in [1.165, 1.54) is 16.7 Å². The summed E-state index contributed by atoms with van der Waals surface area (Å²) in [6, 6.07) is 5.71. The number of allylic oxidation sites excluding steroid dienone is 6. The van der Waals surface area contributed by atoms with E-state index in [2.05, 4.69) is 39.0 Å². The Morgan fingerprint density at radius 1 is 0.923 bits per heavy atom. The second-order valence-electron chi connectivity index (χ2n) is 10.6. The molecule has 6 nitrogen and oxygen atoms in total. The molecule has 0 aliphatic carbocycles. The summed E-state index contributed by atoms with van der Waals surface area (Å²) in [5.41, 5.74) is 7.05. The van der Waals surface area contributed by atoms with Crippen LogP contribution in [0.3, 0.4) is 0 Å². The Kier molecular flexibility index (Phi) is 9.05. The summed E-state index contributed by atoms with van der Waals surface area (Å²) in [6.07, 6.45) is 9.60. The third-order valence-corrected chi connectivity index (χ3v) is 7.14. The number of methoxy groups -OCH3 is 2. The lowest BCUT2D eigenvalue weighted by molar-refractivity contribution is 0.0842. The first-order chi connectivity index (χ1) is 18.7. The number of carbonyl (C=O) groups excluding carboxylic acids is 1. The average molecular weight is 533 g/mol. The molecule has 2 aromatic carbocycles. The number of ether oxygens (including phenoxy) is 5. The first-order valence-corrected chi connectivity index (χ1v) is 13.5. The van der Waals surface area contributed by atoms with Crippen LogP contribution in [0.25, 0.3) is 0 Å². The van der Waals surface area contributed by atoms with E-state index in [0.717, 1.165) is 41.0 Å². The van der Waals surface area contributed by atoms with Gasteiger partial charge in [-0.25, -0.2) is 0 Å². The Morgan fingerprint density at radius 3 is 2.36 bits per heavy atom. The minimum absolute atomic E-state index is 0.0173. The molecular formula is C33H40O6. The predicted octanol–water partition coefficient (Wildman–Crippen LogP) is 7.88. The van der Waals surface area contributed by atoms with Gasteiger partial charge in [0.05, 0.1) is 20.6 Å². The number of benzene rings is 2. The van der Waals surface area contributed by atoms with E-state index in [9.17, 15) is 4.79 Å². The van der Waals surface area contributed by atoms with Crippen molar-refractivity contribution in [2.75, 3.05) is 21.0 Å². The van der Waals surface area contributed by atoms with E-state index in [1.807, 2.05) is 32.0 Å². The molecule has 4 rings (SSSR count). The van der Waals surface area contributed by atoms with Gasteiger partial charge in [0.25, 0.3) is 0 Å². The van der Waals surface area contributed by atoms with Crippen molar-refractivity contribution < 1.29 is 28.5 Å². The maximum absolute atomic E-state index is 13.6. The van der Waals surface area contributed by atoms with Gasteiger partial charge < -0.3 is 23.7 Å². The first-order valence-electron chi connectivity index (χ1n) is 13.5. The summed E-state index contributed by atoms with van der Waals surface area (Å²) in [6.45, 7) is 10.7. The molecule has 2 aliphatic rings. The van der Waals surface area contributed by atoms with E-state index in [4.69, 9.17) is 23.7 Å². The molecule has 1 unspecified atom stereocenters.